The molecule has 0 bridgehead atoms. The van der Waals surface area contributed by atoms with Crippen molar-refractivity contribution in [2.24, 2.45) is 17.1 Å². The van der Waals surface area contributed by atoms with Crippen molar-refractivity contribution in [1.29, 1.82) is 0 Å². The summed E-state index contributed by atoms with van der Waals surface area (Å²) in [6, 6.07) is 7.52. The Bertz CT molecular complexity index is 476. The van der Waals surface area contributed by atoms with Crippen molar-refractivity contribution in [3.8, 4) is 5.75 Å². The molecule has 0 aliphatic heterocycles. The van der Waals surface area contributed by atoms with E-state index >= 15 is 0 Å². The molecule has 22 heavy (non-hydrogen) atoms. The molecule has 0 atom stereocenters. The van der Waals surface area contributed by atoms with E-state index in [4.69, 9.17) is 10.5 Å². The maximum absolute atomic E-state index is 12.8. The summed E-state index contributed by atoms with van der Waals surface area (Å²) in [6.45, 7) is 5.38. The average Bonchev–Trinajstić information content (AvgIpc) is 2.95. The third kappa shape index (κ3) is 4.23. The number of hydrogen-bond acceptors (Lipinski definition) is 3. The van der Waals surface area contributed by atoms with E-state index in [-0.39, 0.29) is 11.3 Å². The fourth-order valence-corrected chi connectivity index (χ4v) is 3.43. The van der Waals surface area contributed by atoms with Crippen LogP contribution in [0, 0.1) is 11.3 Å². The average molecular weight is 304 g/mol. The highest BCUT2D eigenvalue weighted by molar-refractivity contribution is 5.95. The van der Waals surface area contributed by atoms with Crippen LogP contribution in [0.5, 0.6) is 5.75 Å². The number of amides is 1. The van der Waals surface area contributed by atoms with Crippen molar-refractivity contribution >= 4 is 11.6 Å². The molecular formula is C18H28N2O2. The van der Waals surface area contributed by atoms with E-state index in [1.165, 1.54) is 0 Å². The number of nitrogens with two attached hydrogens (primary N) is 1. The van der Waals surface area contributed by atoms with E-state index in [9.17, 15) is 4.79 Å². The first-order valence-electron chi connectivity index (χ1n) is 8.30. The minimum absolute atomic E-state index is 0.175. The normalized spacial score (nSPS) is 16.7. The topological polar surface area (TPSA) is 64.3 Å². The van der Waals surface area contributed by atoms with Crippen LogP contribution in [0.15, 0.2) is 24.3 Å². The maximum atomic E-state index is 12.8. The van der Waals surface area contributed by atoms with Gasteiger partial charge in [0.1, 0.15) is 12.4 Å². The number of ether oxygens (including phenoxy) is 1. The molecule has 0 saturated heterocycles. The van der Waals surface area contributed by atoms with Crippen LogP contribution in [-0.2, 0) is 4.79 Å². The maximum Gasteiger partial charge on any atom is 0.230 e. The first kappa shape index (κ1) is 16.8. The van der Waals surface area contributed by atoms with Crippen molar-refractivity contribution < 1.29 is 9.53 Å². The minimum atomic E-state index is -0.178. The first-order chi connectivity index (χ1) is 10.6. The van der Waals surface area contributed by atoms with Gasteiger partial charge in [-0.1, -0.05) is 26.7 Å². The number of carbonyl (C=O) groups excluding carboxylic acids is 1. The van der Waals surface area contributed by atoms with Crippen LogP contribution in [0.2, 0.25) is 0 Å². The predicted octanol–water partition coefficient (Wildman–Crippen LogP) is 3.57. The Morgan fingerprint density at radius 3 is 2.45 bits per heavy atom. The predicted molar refractivity (Wildman–Crippen MR) is 90.0 cm³/mol. The molecule has 0 radical (unpaired) electrons. The molecule has 1 fully saturated rings. The summed E-state index contributed by atoms with van der Waals surface area (Å²) in [4.78, 5) is 12.8. The quantitative estimate of drug-likeness (QED) is 0.809. The second-order valence-corrected chi connectivity index (χ2v) is 6.70. The molecule has 1 amide bonds. The zero-order valence-corrected chi connectivity index (χ0v) is 13.7. The van der Waals surface area contributed by atoms with E-state index in [1.54, 1.807) is 0 Å². The molecule has 3 N–H and O–H groups in total. The van der Waals surface area contributed by atoms with Gasteiger partial charge in [-0.05, 0) is 49.4 Å². The lowest BCUT2D eigenvalue weighted by Gasteiger charge is -2.29. The molecule has 122 valence electrons. The molecule has 1 aliphatic carbocycles. The first-order valence-corrected chi connectivity index (χ1v) is 8.30. The Morgan fingerprint density at radius 1 is 1.27 bits per heavy atom. The summed E-state index contributed by atoms with van der Waals surface area (Å²) in [5.41, 5.74) is 6.07. The third-order valence-electron chi connectivity index (χ3n) is 4.34. The summed E-state index contributed by atoms with van der Waals surface area (Å²) in [5, 5.41) is 3.09. The van der Waals surface area contributed by atoms with Gasteiger partial charge < -0.3 is 15.8 Å². The Balaban J connectivity index is 2.00. The lowest BCUT2D eigenvalue weighted by molar-refractivity contribution is -0.126. The molecule has 1 aromatic rings. The number of anilines is 1. The molecule has 0 aromatic heterocycles. The van der Waals surface area contributed by atoms with Crippen molar-refractivity contribution in [2.75, 3.05) is 18.5 Å². The Morgan fingerprint density at radius 2 is 1.91 bits per heavy atom. The van der Waals surface area contributed by atoms with Gasteiger partial charge in [0.15, 0.2) is 0 Å². The molecule has 2 rings (SSSR count). The van der Waals surface area contributed by atoms with Gasteiger partial charge >= 0.3 is 0 Å². The van der Waals surface area contributed by atoms with Gasteiger partial charge in [0, 0.05) is 17.6 Å². The largest absolute Gasteiger partial charge is 0.492 e. The van der Waals surface area contributed by atoms with Crippen LogP contribution < -0.4 is 15.8 Å². The van der Waals surface area contributed by atoms with E-state index in [0.717, 1.165) is 43.5 Å². The van der Waals surface area contributed by atoms with E-state index in [1.807, 2.05) is 24.3 Å². The van der Waals surface area contributed by atoms with Gasteiger partial charge in [0.05, 0.1) is 0 Å². The number of hydrogen-bond donors (Lipinski definition) is 2. The van der Waals surface area contributed by atoms with Gasteiger partial charge in [-0.3, -0.25) is 4.79 Å². The molecule has 4 nitrogen and oxygen atoms in total. The Hall–Kier alpha value is -1.55. The van der Waals surface area contributed by atoms with E-state index < -0.39 is 0 Å². The van der Waals surface area contributed by atoms with Crippen LogP contribution >= 0.6 is 0 Å². The molecular weight excluding hydrogens is 276 g/mol. The van der Waals surface area contributed by atoms with Gasteiger partial charge in [-0.2, -0.15) is 0 Å². The van der Waals surface area contributed by atoms with Crippen molar-refractivity contribution in [2.45, 2.75) is 46.0 Å². The number of benzene rings is 1. The molecule has 0 heterocycles. The Kier molecular flexibility index (Phi) is 5.83. The van der Waals surface area contributed by atoms with Gasteiger partial charge in [-0.25, -0.2) is 0 Å². The highest BCUT2D eigenvalue weighted by Gasteiger charge is 2.41. The van der Waals surface area contributed by atoms with Crippen LogP contribution in [-0.4, -0.2) is 19.1 Å². The summed E-state index contributed by atoms with van der Waals surface area (Å²) >= 11 is 0. The monoisotopic (exact) mass is 304 g/mol. The summed E-state index contributed by atoms with van der Waals surface area (Å²) in [5.74, 6) is 1.49. The van der Waals surface area contributed by atoms with Crippen molar-refractivity contribution in [3.05, 3.63) is 24.3 Å². The van der Waals surface area contributed by atoms with Gasteiger partial charge in [0.25, 0.3) is 0 Å². The van der Waals surface area contributed by atoms with Gasteiger partial charge in [0.2, 0.25) is 5.91 Å². The fraction of sp³-hybridized carbons (Fsp3) is 0.611. The summed E-state index contributed by atoms with van der Waals surface area (Å²) < 4.78 is 5.45. The second kappa shape index (κ2) is 7.63. The fourth-order valence-electron chi connectivity index (χ4n) is 3.43. The van der Waals surface area contributed by atoms with Gasteiger partial charge in [-0.15, -0.1) is 0 Å². The SMILES string of the molecule is CC(C)CC1(C(=O)Nc2ccc(OCCN)cc2)CCCC1. The highest BCUT2D eigenvalue weighted by Crippen LogP contribution is 2.44. The van der Waals surface area contributed by atoms with Crippen LogP contribution in [0.1, 0.15) is 46.0 Å². The lowest BCUT2D eigenvalue weighted by Crippen LogP contribution is -2.35. The number of nitrogens with one attached hydrogen (secondary N) is 1. The highest BCUT2D eigenvalue weighted by atomic mass is 16.5. The minimum Gasteiger partial charge on any atom is -0.492 e. The van der Waals surface area contributed by atoms with Crippen molar-refractivity contribution in [1.82, 2.24) is 0 Å². The molecule has 1 aromatic carbocycles. The molecule has 4 heteroatoms. The van der Waals surface area contributed by atoms with E-state index in [0.29, 0.717) is 19.1 Å². The molecule has 0 unspecified atom stereocenters. The summed E-state index contributed by atoms with van der Waals surface area (Å²) in [6.07, 6.45) is 5.30. The zero-order chi connectivity index (χ0) is 16.0. The lowest BCUT2D eigenvalue weighted by atomic mass is 9.77. The second-order valence-electron chi connectivity index (χ2n) is 6.70. The van der Waals surface area contributed by atoms with Crippen LogP contribution in [0.4, 0.5) is 5.69 Å². The third-order valence-corrected chi connectivity index (χ3v) is 4.34. The zero-order valence-electron chi connectivity index (χ0n) is 13.7. The number of carbonyl (C=O) groups is 1. The summed E-state index contributed by atoms with van der Waals surface area (Å²) in [7, 11) is 0. The molecule has 1 aliphatic rings. The standard InChI is InChI=1S/C18H28N2O2/c1-14(2)13-18(9-3-4-10-18)17(21)20-15-5-7-16(8-6-15)22-12-11-19/h5-8,14H,3-4,9-13,19H2,1-2H3,(H,20,21). The Labute approximate surface area is 133 Å². The molecule has 0 spiro atoms. The van der Waals surface area contributed by atoms with Crippen LogP contribution in [0.3, 0.4) is 0 Å². The van der Waals surface area contributed by atoms with Crippen molar-refractivity contribution in [3.63, 3.8) is 0 Å². The smallest absolute Gasteiger partial charge is 0.230 e. The van der Waals surface area contributed by atoms with E-state index in [2.05, 4.69) is 19.2 Å². The molecule has 1 saturated carbocycles. The number of rotatable bonds is 7. The van der Waals surface area contributed by atoms with Crippen LogP contribution in [0.25, 0.3) is 0 Å².